The van der Waals surface area contributed by atoms with Gasteiger partial charge in [-0.1, -0.05) is 30.3 Å². The van der Waals surface area contributed by atoms with Gasteiger partial charge in [-0.3, -0.25) is 24.1 Å². The van der Waals surface area contributed by atoms with E-state index < -0.39 is 11.8 Å². The highest BCUT2D eigenvalue weighted by atomic mass is 16.5. The number of nitrogens with zero attached hydrogens (tertiary/aromatic N) is 1. The lowest BCUT2D eigenvalue weighted by atomic mass is 10.1. The number of rotatable bonds is 7. The summed E-state index contributed by atoms with van der Waals surface area (Å²) in [4.78, 5) is 51.3. The summed E-state index contributed by atoms with van der Waals surface area (Å²) in [5, 5.41) is 5.31. The fourth-order valence-electron chi connectivity index (χ4n) is 3.75. The van der Waals surface area contributed by atoms with Crippen molar-refractivity contribution in [3.05, 3.63) is 94.5 Å². The van der Waals surface area contributed by atoms with Crippen LogP contribution in [0, 0.1) is 6.92 Å². The molecule has 0 unspecified atom stereocenters. The van der Waals surface area contributed by atoms with Crippen LogP contribution in [-0.2, 0) is 11.3 Å². The Labute approximate surface area is 196 Å². The zero-order valence-corrected chi connectivity index (χ0v) is 18.8. The number of hydrogen-bond donors (Lipinski definition) is 2. The van der Waals surface area contributed by atoms with Gasteiger partial charge >= 0.3 is 0 Å². The zero-order chi connectivity index (χ0) is 24.2. The summed E-state index contributed by atoms with van der Waals surface area (Å²) >= 11 is 0. The monoisotopic (exact) mass is 457 g/mol. The van der Waals surface area contributed by atoms with Gasteiger partial charge in [0.2, 0.25) is 5.91 Å². The van der Waals surface area contributed by atoms with Gasteiger partial charge in [0.05, 0.1) is 37.0 Å². The van der Waals surface area contributed by atoms with E-state index in [0.29, 0.717) is 33.7 Å². The van der Waals surface area contributed by atoms with Crippen LogP contribution in [0.15, 0.2) is 66.7 Å². The molecule has 4 rings (SSSR count). The third kappa shape index (κ3) is 4.66. The van der Waals surface area contributed by atoms with E-state index in [4.69, 9.17) is 4.74 Å². The van der Waals surface area contributed by atoms with Crippen molar-refractivity contribution in [2.24, 2.45) is 0 Å². The second-order valence-corrected chi connectivity index (χ2v) is 7.88. The van der Waals surface area contributed by atoms with Crippen molar-refractivity contribution in [1.29, 1.82) is 0 Å². The van der Waals surface area contributed by atoms with Gasteiger partial charge in [0.25, 0.3) is 17.7 Å². The number of carbonyl (C=O) groups excluding carboxylic acids is 4. The maximum Gasteiger partial charge on any atom is 0.261 e. The van der Waals surface area contributed by atoms with Crippen molar-refractivity contribution in [2.75, 3.05) is 19.0 Å². The molecule has 0 bridgehead atoms. The summed E-state index contributed by atoms with van der Waals surface area (Å²) in [5.41, 5.74) is 3.15. The lowest BCUT2D eigenvalue weighted by Gasteiger charge is -2.15. The van der Waals surface area contributed by atoms with Crippen LogP contribution in [0.1, 0.15) is 42.2 Å². The highest BCUT2D eigenvalue weighted by Gasteiger charge is 2.35. The molecule has 8 nitrogen and oxygen atoms in total. The van der Waals surface area contributed by atoms with E-state index in [2.05, 4.69) is 10.6 Å². The summed E-state index contributed by atoms with van der Waals surface area (Å²) in [7, 11) is 1.51. The van der Waals surface area contributed by atoms with E-state index in [-0.39, 0.29) is 24.9 Å². The van der Waals surface area contributed by atoms with Gasteiger partial charge in [0.15, 0.2) is 0 Å². The molecule has 0 aliphatic carbocycles. The van der Waals surface area contributed by atoms with Crippen molar-refractivity contribution in [2.45, 2.75) is 13.5 Å². The minimum atomic E-state index is -0.449. The van der Waals surface area contributed by atoms with E-state index >= 15 is 0 Å². The van der Waals surface area contributed by atoms with E-state index in [1.807, 2.05) is 13.0 Å². The van der Waals surface area contributed by atoms with E-state index in [1.54, 1.807) is 60.7 Å². The summed E-state index contributed by atoms with van der Waals surface area (Å²) in [6.07, 6.45) is 0. The largest absolute Gasteiger partial charge is 0.495 e. The molecule has 0 spiro atoms. The van der Waals surface area contributed by atoms with E-state index in [1.165, 1.54) is 7.11 Å². The average molecular weight is 457 g/mol. The first-order valence-corrected chi connectivity index (χ1v) is 10.6. The number of anilines is 1. The molecular weight excluding hydrogens is 434 g/mol. The van der Waals surface area contributed by atoms with Crippen molar-refractivity contribution >= 4 is 29.3 Å². The molecule has 172 valence electrons. The molecule has 1 aliphatic heterocycles. The molecule has 0 atom stereocenters. The number of methoxy groups -OCH3 is 1. The first-order chi connectivity index (χ1) is 16.4. The number of amides is 4. The number of nitrogens with one attached hydrogen (secondary N) is 2. The van der Waals surface area contributed by atoms with Crippen LogP contribution < -0.4 is 15.4 Å². The number of hydrogen-bond acceptors (Lipinski definition) is 5. The van der Waals surface area contributed by atoms with Gasteiger partial charge in [-0.05, 0) is 54.4 Å². The maximum atomic E-state index is 12.6. The topological polar surface area (TPSA) is 105 Å². The Hall–Kier alpha value is -4.46. The van der Waals surface area contributed by atoms with E-state index in [9.17, 15) is 19.2 Å². The molecular formula is C26H23N3O5. The van der Waals surface area contributed by atoms with Crippen molar-refractivity contribution in [1.82, 2.24) is 10.2 Å². The SMILES string of the molecule is COc1ccc(C)cc1NC(=O)CNC(=O)c1cccc(CN2C(=O)c3ccccc3C2=O)c1. The second-order valence-electron chi connectivity index (χ2n) is 7.88. The summed E-state index contributed by atoms with van der Waals surface area (Å²) < 4.78 is 5.25. The molecule has 4 amide bonds. The molecule has 1 heterocycles. The molecule has 0 saturated carbocycles. The minimum Gasteiger partial charge on any atom is -0.495 e. The van der Waals surface area contributed by atoms with Crippen molar-refractivity contribution in [3.63, 3.8) is 0 Å². The predicted molar refractivity (Wildman–Crippen MR) is 126 cm³/mol. The lowest BCUT2D eigenvalue weighted by Crippen LogP contribution is -2.33. The number of ether oxygens (including phenoxy) is 1. The Bertz CT molecular complexity index is 1270. The Kier molecular flexibility index (Phi) is 6.40. The van der Waals surface area contributed by atoms with Crippen LogP contribution >= 0.6 is 0 Å². The quantitative estimate of drug-likeness (QED) is 0.531. The number of aryl methyl sites for hydroxylation is 1. The van der Waals surface area contributed by atoms with Crippen LogP contribution in [0.5, 0.6) is 5.75 Å². The van der Waals surface area contributed by atoms with Gasteiger partial charge in [-0.15, -0.1) is 0 Å². The zero-order valence-electron chi connectivity index (χ0n) is 18.8. The average Bonchev–Trinajstić information content (AvgIpc) is 3.08. The van der Waals surface area contributed by atoms with Gasteiger partial charge in [-0.2, -0.15) is 0 Å². The molecule has 0 aromatic heterocycles. The first-order valence-electron chi connectivity index (χ1n) is 10.6. The number of imide groups is 1. The van der Waals surface area contributed by atoms with Crippen LogP contribution in [0.3, 0.4) is 0 Å². The normalized spacial score (nSPS) is 12.4. The summed E-state index contributed by atoms with van der Waals surface area (Å²) in [5.74, 6) is -1.06. The van der Waals surface area contributed by atoms with Crippen molar-refractivity contribution in [3.8, 4) is 5.75 Å². The standard InChI is InChI=1S/C26H23N3O5/c1-16-10-11-22(34-2)21(12-16)28-23(30)14-27-24(31)18-7-5-6-17(13-18)15-29-25(32)19-8-3-4-9-20(19)26(29)33/h3-13H,14-15H2,1-2H3,(H,27,31)(H,28,30). The Morgan fingerprint density at radius 2 is 1.62 bits per heavy atom. The fourth-order valence-corrected chi connectivity index (χ4v) is 3.75. The molecule has 1 aliphatic rings. The van der Waals surface area contributed by atoms with Crippen LogP contribution in [0.4, 0.5) is 5.69 Å². The van der Waals surface area contributed by atoms with E-state index in [0.717, 1.165) is 10.5 Å². The van der Waals surface area contributed by atoms with Crippen LogP contribution in [0.25, 0.3) is 0 Å². The molecule has 8 heteroatoms. The van der Waals surface area contributed by atoms with Gasteiger partial charge in [0, 0.05) is 5.56 Å². The Balaban J connectivity index is 1.38. The summed E-state index contributed by atoms with van der Waals surface area (Å²) in [6, 6.07) is 18.7. The number of benzene rings is 3. The fraction of sp³-hybridized carbons (Fsp3) is 0.154. The Morgan fingerprint density at radius 1 is 0.912 bits per heavy atom. The molecule has 3 aromatic carbocycles. The Morgan fingerprint density at radius 3 is 2.29 bits per heavy atom. The predicted octanol–water partition coefficient (Wildman–Crippen LogP) is 3.17. The second kappa shape index (κ2) is 9.58. The number of fused-ring (bicyclic) bond motifs is 1. The molecule has 0 saturated heterocycles. The van der Waals surface area contributed by atoms with Crippen LogP contribution in [0.2, 0.25) is 0 Å². The van der Waals surface area contributed by atoms with Crippen molar-refractivity contribution < 1.29 is 23.9 Å². The molecule has 0 radical (unpaired) electrons. The molecule has 2 N–H and O–H groups in total. The van der Waals surface area contributed by atoms with Gasteiger partial charge in [0.1, 0.15) is 5.75 Å². The molecule has 34 heavy (non-hydrogen) atoms. The number of carbonyl (C=O) groups is 4. The van der Waals surface area contributed by atoms with Crippen LogP contribution in [-0.4, -0.2) is 42.2 Å². The molecule has 0 fully saturated rings. The maximum absolute atomic E-state index is 12.6. The van der Waals surface area contributed by atoms with Gasteiger partial charge < -0.3 is 15.4 Å². The minimum absolute atomic E-state index is 0.0428. The van der Waals surface area contributed by atoms with Gasteiger partial charge in [-0.25, -0.2) is 0 Å². The highest BCUT2D eigenvalue weighted by molar-refractivity contribution is 6.21. The lowest BCUT2D eigenvalue weighted by molar-refractivity contribution is -0.115. The first kappa shape index (κ1) is 22.7. The third-order valence-electron chi connectivity index (χ3n) is 5.45. The smallest absolute Gasteiger partial charge is 0.261 e. The summed E-state index contributed by atoms with van der Waals surface area (Å²) in [6.45, 7) is 1.70. The third-order valence-corrected chi connectivity index (χ3v) is 5.45. The highest BCUT2D eigenvalue weighted by Crippen LogP contribution is 2.25. The molecule has 3 aromatic rings.